The van der Waals surface area contributed by atoms with Crippen LogP contribution in [0.5, 0.6) is 0 Å². The number of benzene rings is 2. The van der Waals surface area contributed by atoms with Crippen molar-refractivity contribution < 1.29 is 0 Å². The number of unbranched alkanes of at least 4 members (excludes halogenated alkanes) is 1. The Morgan fingerprint density at radius 1 is 1.05 bits per heavy atom. The zero-order valence-electron chi connectivity index (χ0n) is 12.5. The number of rotatable bonds is 6. The van der Waals surface area contributed by atoms with E-state index in [-0.39, 0.29) is 6.04 Å². The summed E-state index contributed by atoms with van der Waals surface area (Å²) in [6, 6.07) is 14.5. The third kappa shape index (κ3) is 4.39. The van der Waals surface area contributed by atoms with Crippen LogP contribution < -0.4 is 5.32 Å². The average Bonchev–Trinajstić information content (AvgIpc) is 2.49. The molecule has 112 valence electrons. The van der Waals surface area contributed by atoms with E-state index in [1.165, 1.54) is 18.4 Å². The summed E-state index contributed by atoms with van der Waals surface area (Å²) in [5.41, 5.74) is 3.49. The molecule has 0 saturated carbocycles. The fraction of sp³-hybridized carbons (Fsp3) is 0.333. The van der Waals surface area contributed by atoms with Crippen LogP contribution in [0.15, 0.2) is 42.5 Å². The van der Waals surface area contributed by atoms with Crippen LogP contribution in [-0.2, 0) is 6.42 Å². The zero-order valence-corrected chi connectivity index (χ0v) is 14.0. The lowest BCUT2D eigenvalue weighted by atomic mass is 10.1. The van der Waals surface area contributed by atoms with Gasteiger partial charge in [-0.05, 0) is 49.1 Å². The number of hydrogen-bond donors (Lipinski definition) is 1. The smallest absolute Gasteiger partial charge is 0.0644 e. The minimum atomic E-state index is 0.109. The van der Waals surface area contributed by atoms with Crippen molar-refractivity contribution in [2.75, 3.05) is 5.32 Å². The van der Waals surface area contributed by atoms with Crippen molar-refractivity contribution in [3.8, 4) is 0 Å². The van der Waals surface area contributed by atoms with Crippen LogP contribution in [0.4, 0.5) is 5.69 Å². The molecule has 0 fully saturated rings. The molecule has 21 heavy (non-hydrogen) atoms. The van der Waals surface area contributed by atoms with Crippen molar-refractivity contribution in [3.05, 3.63) is 63.6 Å². The second-order valence-electron chi connectivity index (χ2n) is 5.31. The van der Waals surface area contributed by atoms with Crippen LogP contribution in [-0.4, -0.2) is 0 Å². The Morgan fingerprint density at radius 3 is 2.43 bits per heavy atom. The summed E-state index contributed by atoms with van der Waals surface area (Å²) in [6.07, 6.45) is 3.61. The Labute approximate surface area is 137 Å². The summed E-state index contributed by atoms with van der Waals surface area (Å²) < 4.78 is 0. The van der Waals surface area contributed by atoms with Gasteiger partial charge in [0.1, 0.15) is 0 Å². The maximum absolute atomic E-state index is 6.26. The highest BCUT2D eigenvalue weighted by molar-refractivity contribution is 6.42. The number of aryl methyl sites for hydroxylation is 1. The van der Waals surface area contributed by atoms with E-state index >= 15 is 0 Å². The molecule has 1 N–H and O–H groups in total. The first kappa shape index (κ1) is 16.2. The molecule has 0 aliphatic carbocycles. The Bertz CT molecular complexity index is 578. The SMILES string of the molecule is CCCCc1ccc(NC(C)c2cccc(Cl)c2Cl)cc1. The first-order valence-corrected chi connectivity index (χ1v) is 8.16. The van der Waals surface area contributed by atoms with Gasteiger partial charge in [-0.3, -0.25) is 0 Å². The van der Waals surface area contributed by atoms with Crippen LogP contribution >= 0.6 is 23.2 Å². The molecule has 0 radical (unpaired) electrons. The van der Waals surface area contributed by atoms with E-state index in [9.17, 15) is 0 Å². The maximum atomic E-state index is 6.26. The highest BCUT2D eigenvalue weighted by atomic mass is 35.5. The fourth-order valence-corrected chi connectivity index (χ4v) is 2.80. The van der Waals surface area contributed by atoms with Crippen molar-refractivity contribution in [2.24, 2.45) is 0 Å². The molecule has 0 amide bonds. The zero-order chi connectivity index (χ0) is 15.2. The van der Waals surface area contributed by atoms with E-state index in [2.05, 4.69) is 43.4 Å². The third-order valence-electron chi connectivity index (χ3n) is 3.60. The van der Waals surface area contributed by atoms with Gasteiger partial charge in [0.25, 0.3) is 0 Å². The molecule has 2 aromatic carbocycles. The number of halogens is 2. The van der Waals surface area contributed by atoms with Gasteiger partial charge in [-0.25, -0.2) is 0 Å². The van der Waals surface area contributed by atoms with Crippen LogP contribution in [0.25, 0.3) is 0 Å². The molecular weight excluding hydrogens is 301 g/mol. The molecule has 0 saturated heterocycles. The Balaban J connectivity index is 2.05. The van der Waals surface area contributed by atoms with Gasteiger partial charge in [0.15, 0.2) is 0 Å². The van der Waals surface area contributed by atoms with Gasteiger partial charge in [-0.2, -0.15) is 0 Å². The lowest BCUT2D eigenvalue weighted by Crippen LogP contribution is -2.07. The van der Waals surface area contributed by atoms with E-state index in [0.29, 0.717) is 10.0 Å². The normalized spacial score (nSPS) is 12.2. The highest BCUT2D eigenvalue weighted by Gasteiger charge is 2.11. The van der Waals surface area contributed by atoms with E-state index in [1.54, 1.807) is 0 Å². The Kier molecular flexibility index (Phi) is 5.96. The van der Waals surface area contributed by atoms with Crippen molar-refractivity contribution in [2.45, 2.75) is 39.2 Å². The van der Waals surface area contributed by atoms with Crippen molar-refractivity contribution in [3.63, 3.8) is 0 Å². The average molecular weight is 322 g/mol. The van der Waals surface area contributed by atoms with E-state index in [0.717, 1.165) is 17.7 Å². The molecular formula is C18H21Cl2N. The first-order chi connectivity index (χ1) is 10.1. The summed E-state index contributed by atoms with van der Waals surface area (Å²) >= 11 is 12.3. The van der Waals surface area contributed by atoms with Gasteiger partial charge in [0.05, 0.1) is 16.1 Å². The van der Waals surface area contributed by atoms with Gasteiger partial charge in [-0.15, -0.1) is 0 Å². The minimum absolute atomic E-state index is 0.109. The molecule has 0 heterocycles. The monoisotopic (exact) mass is 321 g/mol. The molecule has 0 aromatic heterocycles. The van der Waals surface area contributed by atoms with Crippen LogP contribution in [0.1, 0.15) is 43.9 Å². The largest absolute Gasteiger partial charge is 0.378 e. The Hall–Kier alpha value is -1.18. The maximum Gasteiger partial charge on any atom is 0.0644 e. The summed E-state index contributed by atoms with van der Waals surface area (Å²) in [4.78, 5) is 0. The lowest BCUT2D eigenvalue weighted by Gasteiger charge is -2.18. The highest BCUT2D eigenvalue weighted by Crippen LogP contribution is 2.31. The quantitative estimate of drug-likeness (QED) is 0.639. The number of hydrogen-bond acceptors (Lipinski definition) is 1. The fourth-order valence-electron chi connectivity index (χ4n) is 2.33. The minimum Gasteiger partial charge on any atom is -0.378 e. The molecule has 3 heteroatoms. The van der Waals surface area contributed by atoms with Gasteiger partial charge >= 0.3 is 0 Å². The van der Waals surface area contributed by atoms with Gasteiger partial charge in [0.2, 0.25) is 0 Å². The van der Waals surface area contributed by atoms with Crippen LogP contribution in [0, 0.1) is 0 Å². The van der Waals surface area contributed by atoms with Crippen molar-refractivity contribution in [1.29, 1.82) is 0 Å². The standard InChI is InChI=1S/C18H21Cl2N/c1-3-4-6-14-9-11-15(12-10-14)21-13(2)16-7-5-8-17(19)18(16)20/h5,7-13,21H,3-4,6H2,1-2H3. The van der Waals surface area contributed by atoms with Crippen molar-refractivity contribution >= 4 is 28.9 Å². The predicted octanol–water partition coefficient (Wildman–Crippen LogP) is 6.51. The lowest BCUT2D eigenvalue weighted by molar-refractivity contribution is 0.795. The molecule has 0 spiro atoms. The molecule has 1 unspecified atom stereocenters. The topological polar surface area (TPSA) is 12.0 Å². The van der Waals surface area contributed by atoms with Crippen LogP contribution in [0.2, 0.25) is 10.0 Å². The van der Waals surface area contributed by atoms with Gasteiger partial charge in [0, 0.05) is 5.69 Å². The molecule has 1 atom stereocenters. The van der Waals surface area contributed by atoms with E-state index in [4.69, 9.17) is 23.2 Å². The molecule has 2 rings (SSSR count). The molecule has 1 nitrogen and oxygen atoms in total. The van der Waals surface area contributed by atoms with Crippen molar-refractivity contribution in [1.82, 2.24) is 0 Å². The molecule has 0 aliphatic heterocycles. The van der Waals surface area contributed by atoms with Gasteiger partial charge < -0.3 is 5.32 Å². The van der Waals surface area contributed by atoms with Gasteiger partial charge in [-0.1, -0.05) is 60.8 Å². The predicted molar refractivity (Wildman–Crippen MR) is 93.6 cm³/mol. The number of nitrogens with one attached hydrogen (secondary N) is 1. The summed E-state index contributed by atoms with van der Waals surface area (Å²) in [5, 5.41) is 4.69. The van der Waals surface area contributed by atoms with E-state index in [1.807, 2.05) is 18.2 Å². The second kappa shape index (κ2) is 7.72. The summed E-state index contributed by atoms with van der Waals surface area (Å²) in [7, 11) is 0. The first-order valence-electron chi connectivity index (χ1n) is 7.41. The Morgan fingerprint density at radius 2 is 1.76 bits per heavy atom. The van der Waals surface area contributed by atoms with Crippen LogP contribution in [0.3, 0.4) is 0 Å². The third-order valence-corrected chi connectivity index (χ3v) is 4.44. The molecule has 0 bridgehead atoms. The number of anilines is 1. The summed E-state index contributed by atoms with van der Waals surface area (Å²) in [6.45, 7) is 4.30. The second-order valence-corrected chi connectivity index (χ2v) is 6.09. The summed E-state index contributed by atoms with van der Waals surface area (Å²) in [5.74, 6) is 0. The molecule has 0 aliphatic rings. The van der Waals surface area contributed by atoms with E-state index < -0.39 is 0 Å². The molecule has 2 aromatic rings.